The van der Waals surface area contributed by atoms with Gasteiger partial charge in [0, 0.05) is 5.69 Å². The first-order valence-corrected chi connectivity index (χ1v) is 8.80. The number of nitrogens with one attached hydrogen (secondary N) is 1. The van der Waals surface area contributed by atoms with E-state index in [1.807, 2.05) is 26.0 Å². The Morgan fingerprint density at radius 3 is 2.21 bits per heavy atom. The molecule has 2 aromatic rings. The molecule has 0 fully saturated rings. The minimum absolute atomic E-state index is 0.250. The van der Waals surface area contributed by atoms with E-state index in [-0.39, 0.29) is 11.1 Å². The highest BCUT2D eigenvalue weighted by molar-refractivity contribution is 6.22. The highest BCUT2D eigenvalue weighted by Crippen LogP contribution is 2.24. The van der Waals surface area contributed by atoms with Crippen molar-refractivity contribution in [2.24, 2.45) is 0 Å². The van der Waals surface area contributed by atoms with E-state index in [0.717, 1.165) is 16.0 Å². The Morgan fingerprint density at radius 2 is 1.64 bits per heavy atom. The van der Waals surface area contributed by atoms with Crippen molar-refractivity contribution in [2.45, 2.75) is 26.8 Å². The van der Waals surface area contributed by atoms with Gasteiger partial charge in [-0.3, -0.25) is 19.3 Å². The number of amides is 3. The topological polar surface area (TPSA) is 92.8 Å². The summed E-state index contributed by atoms with van der Waals surface area (Å²) < 4.78 is 5.01. The Hall–Kier alpha value is -3.48. The van der Waals surface area contributed by atoms with Crippen LogP contribution in [-0.4, -0.2) is 41.2 Å². The first kappa shape index (κ1) is 19.3. The SMILES string of the molecule is Cc1ccc(NC(=O)COC(=O)[C@H](C)N2C(=O)c3ccccc3C2=O)c(C)c1. The molecule has 144 valence electrons. The minimum Gasteiger partial charge on any atom is -0.454 e. The summed E-state index contributed by atoms with van der Waals surface area (Å²) in [5.41, 5.74) is 3.08. The van der Waals surface area contributed by atoms with Gasteiger partial charge in [-0.2, -0.15) is 0 Å². The Morgan fingerprint density at radius 1 is 1.04 bits per heavy atom. The van der Waals surface area contributed by atoms with Crippen LogP contribution < -0.4 is 5.32 Å². The van der Waals surface area contributed by atoms with E-state index >= 15 is 0 Å². The fourth-order valence-electron chi connectivity index (χ4n) is 3.06. The molecule has 1 aliphatic rings. The van der Waals surface area contributed by atoms with Crippen molar-refractivity contribution in [2.75, 3.05) is 11.9 Å². The number of aryl methyl sites for hydroxylation is 2. The predicted octanol–water partition coefficient (Wildman–Crippen LogP) is 2.47. The number of anilines is 1. The number of nitrogens with zero attached hydrogens (tertiary/aromatic N) is 1. The Bertz CT molecular complexity index is 948. The number of esters is 1. The second kappa shape index (κ2) is 7.64. The van der Waals surface area contributed by atoms with E-state index in [4.69, 9.17) is 4.74 Å². The molecule has 0 radical (unpaired) electrons. The largest absolute Gasteiger partial charge is 0.454 e. The lowest BCUT2D eigenvalue weighted by molar-refractivity contribution is -0.150. The molecule has 0 saturated heterocycles. The van der Waals surface area contributed by atoms with Gasteiger partial charge in [0.2, 0.25) is 0 Å². The fourth-order valence-corrected chi connectivity index (χ4v) is 3.06. The van der Waals surface area contributed by atoms with Crippen molar-refractivity contribution in [3.63, 3.8) is 0 Å². The number of hydrogen-bond acceptors (Lipinski definition) is 5. The lowest BCUT2D eigenvalue weighted by atomic mass is 10.1. The lowest BCUT2D eigenvalue weighted by Gasteiger charge is -2.20. The van der Waals surface area contributed by atoms with Gasteiger partial charge in [0.15, 0.2) is 6.61 Å². The highest BCUT2D eigenvalue weighted by Gasteiger charge is 2.41. The molecule has 0 aliphatic carbocycles. The predicted molar refractivity (Wildman–Crippen MR) is 102 cm³/mol. The van der Waals surface area contributed by atoms with Gasteiger partial charge in [-0.05, 0) is 44.5 Å². The third-order valence-electron chi connectivity index (χ3n) is 4.56. The summed E-state index contributed by atoms with van der Waals surface area (Å²) >= 11 is 0. The van der Waals surface area contributed by atoms with Crippen molar-refractivity contribution in [3.05, 3.63) is 64.7 Å². The normalized spacial score (nSPS) is 13.9. The summed E-state index contributed by atoms with van der Waals surface area (Å²) in [4.78, 5) is 50.0. The van der Waals surface area contributed by atoms with Gasteiger partial charge in [-0.1, -0.05) is 29.8 Å². The van der Waals surface area contributed by atoms with Crippen LogP contribution in [0, 0.1) is 13.8 Å². The molecule has 1 heterocycles. The molecule has 3 amide bonds. The van der Waals surface area contributed by atoms with Crippen LogP contribution in [0.3, 0.4) is 0 Å². The van der Waals surface area contributed by atoms with E-state index < -0.39 is 36.3 Å². The van der Waals surface area contributed by atoms with E-state index in [9.17, 15) is 19.2 Å². The minimum atomic E-state index is -1.14. The number of benzene rings is 2. The maximum atomic E-state index is 12.4. The molecule has 2 aromatic carbocycles. The number of hydrogen-bond donors (Lipinski definition) is 1. The average molecular weight is 380 g/mol. The summed E-state index contributed by atoms with van der Waals surface area (Å²) in [7, 11) is 0. The maximum absolute atomic E-state index is 12.4. The highest BCUT2D eigenvalue weighted by atomic mass is 16.5. The van der Waals surface area contributed by atoms with E-state index in [1.165, 1.54) is 19.1 Å². The fraction of sp³-hybridized carbons (Fsp3) is 0.238. The van der Waals surface area contributed by atoms with Crippen LogP contribution in [0.25, 0.3) is 0 Å². The van der Waals surface area contributed by atoms with Crippen molar-refractivity contribution in [3.8, 4) is 0 Å². The second-order valence-corrected chi connectivity index (χ2v) is 6.68. The molecule has 1 atom stereocenters. The van der Waals surface area contributed by atoms with Gasteiger partial charge in [0.1, 0.15) is 6.04 Å². The van der Waals surface area contributed by atoms with Crippen molar-refractivity contribution in [1.82, 2.24) is 4.90 Å². The Labute approximate surface area is 162 Å². The first-order chi connectivity index (χ1) is 13.3. The third kappa shape index (κ3) is 3.64. The Balaban J connectivity index is 1.60. The maximum Gasteiger partial charge on any atom is 0.329 e. The summed E-state index contributed by atoms with van der Waals surface area (Å²) in [6.45, 7) is 4.69. The van der Waals surface area contributed by atoms with Gasteiger partial charge < -0.3 is 10.1 Å². The van der Waals surface area contributed by atoms with Crippen LogP contribution in [0.2, 0.25) is 0 Å². The van der Waals surface area contributed by atoms with E-state index in [1.54, 1.807) is 18.2 Å². The van der Waals surface area contributed by atoms with Crippen LogP contribution >= 0.6 is 0 Å². The molecule has 28 heavy (non-hydrogen) atoms. The molecular formula is C21H20N2O5. The van der Waals surface area contributed by atoms with Crippen LogP contribution in [-0.2, 0) is 14.3 Å². The summed E-state index contributed by atoms with van der Waals surface area (Å²) in [6, 6.07) is 10.8. The number of ether oxygens (including phenoxy) is 1. The molecule has 0 spiro atoms. The molecule has 1 aliphatic heterocycles. The molecule has 0 bridgehead atoms. The van der Waals surface area contributed by atoms with Crippen molar-refractivity contribution >= 4 is 29.4 Å². The third-order valence-corrected chi connectivity index (χ3v) is 4.56. The van der Waals surface area contributed by atoms with Gasteiger partial charge >= 0.3 is 5.97 Å². The van der Waals surface area contributed by atoms with Crippen LogP contribution in [0.5, 0.6) is 0 Å². The first-order valence-electron chi connectivity index (χ1n) is 8.80. The Kier molecular flexibility index (Phi) is 5.26. The lowest BCUT2D eigenvalue weighted by Crippen LogP contribution is -2.44. The molecule has 7 nitrogen and oxygen atoms in total. The molecule has 7 heteroatoms. The van der Waals surface area contributed by atoms with Gasteiger partial charge in [0.05, 0.1) is 11.1 Å². The molecular weight excluding hydrogens is 360 g/mol. The van der Waals surface area contributed by atoms with Crippen molar-refractivity contribution in [1.29, 1.82) is 0 Å². The van der Waals surface area contributed by atoms with Gasteiger partial charge in [0.25, 0.3) is 17.7 Å². The monoisotopic (exact) mass is 380 g/mol. The zero-order valence-corrected chi connectivity index (χ0v) is 15.8. The van der Waals surface area contributed by atoms with Crippen LogP contribution in [0.15, 0.2) is 42.5 Å². The molecule has 3 rings (SSSR count). The second-order valence-electron chi connectivity index (χ2n) is 6.68. The zero-order valence-electron chi connectivity index (χ0n) is 15.8. The summed E-state index contributed by atoms with van der Waals surface area (Å²) in [5.74, 6) is -2.44. The smallest absolute Gasteiger partial charge is 0.329 e. The van der Waals surface area contributed by atoms with E-state index in [0.29, 0.717) is 5.69 Å². The van der Waals surface area contributed by atoms with Crippen molar-refractivity contribution < 1.29 is 23.9 Å². The zero-order chi connectivity index (χ0) is 20.4. The molecule has 0 aromatic heterocycles. The summed E-state index contributed by atoms with van der Waals surface area (Å²) in [6.07, 6.45) is 0. The molecule has 1 N–H and O–H groups in total. The summed E-state index contributed by atoms with van der Waals surface area (Å²) in [5, 5.41) is 2.67. The standard InChI is InChI=1S/C21H20N2O5/c1-12-8-9-17(13(2)10-12)22-18(24)11-28-21(27)14(3)23-19(25)15-6-4-5-7-16(15)20(23)26/h4-10,14H,11H2,1-3H3,(H,22,24)/t14-/m0/s1. The van der Waals surface area contributed by atoms with Gasteiger partial charge in [-0.15, -0.1) is 0 Å². The number of rotatable bonds is 5. The van der Waals surface area contributed by atoms with Crippen LogP contribution in [0.1, 0.15) is 38.8 Å². The van der Waals surface area contributed by atoms with Crippen LogP contribution in [0.4, 0.5) is 5.69 Å². The number of carbonyl (C=O) groups excluding carboxylic acids is 4. The average Bonchev–Trinajstić information content (AvgIpc) is 2.92. The van der Waals surface area contributed by atoms with E-state index in [2.05, 4.69) is 5.32 Å². The van der Waals surface area contributed by atoms with Gasteiger partial charge in [-0.25, -0.2) is 4.79 Å². The molecule has 0 saturated carbocycles. The number of carbonyl (C=O) groups is 4. The quantitative estimate of drug-likeness (QED) is 0.635. The number of fused-ring (bicyclic) bond motifs is 1. The molecule has 0 unspecified atom stereocenters. The number of imide groups is 1.